The Labute approximate surface area is 155 Å². The van der Waals surface area contributed by atoms with E-state index in [9.17, 15) is 5.11 Å². The van der Waals surface area contributed by atoms with Crippen LogP contribution in [0.2, 0.25) is 0 Å². The lowest BCUT2D eigenvalue weighted by Gasteiger charge is -2.23. The number of rotatable bonds is 8. The number of methoxy groups -OCH3 is 1. The molecular formula is C20H29N3O3. The SMILES string of the molecule is CCNC(=NCc1ccccc1COC)NCC(C)(O)c1ccc(C)o1. The summed E-state index contributed by atoms with van der Waals surface area (Å²) in [4.78, 5) is 4.63. The fraction of sp³-hybridized carbons (Fsp3) is 0.450. The molecule has 3 N–H and O–H groups in total. The highest BCUT2D eigenvalue weighted by Gasteiger charge is 2.27. The van der Waals surface area contributed by atoms with Crippen molar-refractivity contribution in [3.63, 3.8) is 0 Å². The molecule has 0 aliphatic carbocycles. The summed E-state index contributed by atoms with van der Waals surface area (Å²) in [5.41, 5.74) is 1.10. The van der Waals surface area contributed by atoms with E-state index in [2.05, 4.69) is 15.6 Å². The van der Waals surface area contributed by atoms with Gasteiger partial charge in [-0.15, -0.1) is 0 Å². The van der Waals surface area contributed by atoms with E-state index in [1.54, 1.807) is 20.1 Å². The summed E-state index contributed by atoms with van der Waals surface area (Å²) in [6.45, 7) is 7.67. The molecule has 26 heavy (non-hydrogen) atoms. The lowest BCUT2D eigenvalue weighted by atomic mass is 10.0. The van der Waals surface area contributed by atoms with Crippen LogP contribution >= 0.6 is 0 Å². The van der Waals surface area contributed by atoms with Crippen molar-refractivity contribution in [3.8, 4) is 0 Å². The molecule has 6 heteroatoms. The average Bonchev–Trinajstić information content (AvgIpc) is 3.06. The molecule has 1 atom stereocenters. The normalized spacial score (nSPS) is 14.1. The number of hydrogen-bond donors (Lipinski definition) is 3. The predicted octanol–water partition coefficient (Wildman–Crippen LogP) is 2.70. The smallest absolute Gasteiger partial charge is 0.191 e. The Morgan fingerprint density at radius 1 is 1.19 bits per heavy atom. The lowest BCUT2D eigenvalue weighted by Crippen LogP contribution is -2.44. The minimum Gasteiger partial charge on any atom is -0.463 e. The number of aliphatic imine (C=N–C) groups is 1. The van der Waals surface area contributed by atoms with Gasteiger partial charge in [0.15, 0.2) is 5.96 Å². The third-order valence-corrected chi connectivity index (χ3v) is 4.04. The minimum absolute atomic E-state index is 0.283. The average molecular weight is 359 g/mol. The Bertz CT molecular complexity index is 723. The number of furan rings is 1. The molecule has 0 saturated heterocycles. The van der Waals surface area contributed by atoms with Crippen molar-refractivity contribution in [2.75, 3.05) is 20.2 Å². The monoisotopic (exact) mass is 359 g/mol. The maximum Gasteiger partial charge on any atom is 0.191 e. The van der Waals surface area contributed by atoms with Gasteiger partial charge in [-0.2, -0.15) is 0 Å². The van der Waals surface area contributed by atoms with Gasteiger partial charge >= 0.3 is 0 Å². The summed E-state index contributed by atoms with van der Waals surface area (Å²) in [6, 6.07) is 11.7. The topological polar surface area (TPSA) is 79.0 Å². The van der Waals surface area contributed by atoms with E-state index in [0.717, 1.165) is 23.4 Å². The standard InChI is InChI=1S/C20H29N3O3/c1-5-21-19(22-12-16-8-6-7-9-17(16)13-25-4)23-14-20(3,24)18-11-10-15(2)26-18/h6-11,24H,5,12-14H2,1-4H3,(H2,21,22,23). The molecule has 0 aliphatic rings. The Morgan fingerprint density at radius 2 is 1.92 bits per heavy atom. The molecule has 1 unspecified atom stereocenters. The van der Waals surface area contributed by atoms with E-state index in [-0.39, 0.29) is 6.54 Å². The van der Waals surface area contributed by atoms with Crippen LogP contribution in [0.25, 0.3) is 0 Å². The van der Waals surface area contributed by atoms with Crippen LogP contribution in [0.3, 0.4) is 0 Å². The number of benzene rings is 1. The number of aliphatic hydroxyl groups is 1. The highest BCUT2D eigenvalue weighted by atomic mass is 16.5. The Hall–Kier alpha value is -2.31. The van der Waals surface area contributed by atoms with Gasteiger partial charge in [-0.3, -0.25) is 0 Å². The summed E-state index contributed by atoms with van der Waals surface area (Å²) in [6.07, 6.45) is 0. The van der Waals surface area contributed by atoms with Gasteiger partial charge in [-0.1, -0.05) is 24.3 Å². The van der Waals surface area contributed by atoms with Crippen molar-refractivity contribution >= 4 is 5.96 Å². The molecule has 1 aromatic heterocycles. The number of aryl methyl sites for hydroxylation is 1. The largest absolute Gasteiger partial charge is 0.463 e. The highest BCUT2D eigenvalue weighted by Crippen LogP contribution is 2.21. The number of hydrogen-bond acceptors (Lipinski definition) is 4. The van der Waals surface area contributed by atoms with Gasteiger partial charge in [0.1, 0.15) is 17.1 Å². The molecule has 0 fully saturated rings. The van der Waals surface area contributed by atoms with Gasteiger partial charge in [0.2, 0.25) is 0 Å². The Balaban J connectivity index is 2.05. The zero-order valence-corrected chi connectivity index (χ0v) is 16.0. The maximum atomic E-state index is 10.7. The van der Waals surface area contributed by atoms with Crippen LogP contribution in [0.4, 0.5) is 0 Å². The second-order valence-corrected chi connectivity index (χ2v) is 6.43. The second-order valence-electron chi connectivity index (χ2n) is 6.43. The zero-order valence-electron chi connectivity index (χ0n) is 16.0. The summed E-state index contributed by atoms with van der Waals surface area (Å²) < 4.78 is 10.8. The van der Waals surface area contributed by atoms with Crippen LogP contribution < -0.4 is 10.6 Å². The molecule has 2 rings (SSSR count). The van der Waals surface area contributed by atoms with Crippen LogP contribution in [-0.2, 0) is 23.5 Å². The third kappa shape index (κ3) is 5.61. The van der Waals surface area contributed by atoms with Crippen molar-refractivity contribution in [1.29, 1.82) is 0 Å². The maximum absolute atomic E-state index is 10.7. The van der Waals surface area contributed by atoms with Gasteiger partial charge in [0.05, 0.1) is 19.7 Å². The first-order valence-corrected chi connectivity index (χ1v) is 8.83. The van der Waals surface area contributed by atoms with E-state index >= 15 is 0 Å². The molecule has 0 aliphatic heterocycles. The molecule has 2 aromatic rings. The first-order valence-electron chi connectivity index (χ1n) is 8.83. The molecule has 142 valence electrons. The highest BCUT2D eigenvalue weighted by molar-refractivity contribution is 5.79. The summed E-state index contributed by atoms with van der Waals surface area (Å²) in [5, 5.41) is 17.0. The molecule has 1 heterocycles. The second kappa shape index (κ2) is 9.40. The molecule has 0 radical (unpaired) electrons. The van der Waals surface area contributed by atoms with Crippen molar-refractivity contribution in [1.82, 2.24) is 10.6 Å². The summed E-state index contributed by atoms with van der Waals surface area (Å²) in [7, 11) is 1.68. The molecule has 0 bridgehead atoms. The van der Waals surface area contributed by atoms with Crippen LogP contribution in [0.5, 0.6) is 0 Å². The Kier molecular flexibility index (Phi) is 7.24. The van der Waals surface area contributed by atoms with Gasteiger partial charge < -0.3 is 24.9 Å². The molecule has 0 saturated carbocycles. The summed E-state index contributed by atoms with van der Waals surface area (Å²) >= 11 is 0. The molecule has 0 amide bonds. The number of guanidine groups is 1. The molecule has 6 nitrogen and oxygen atoms in total. The van der Waals surface area contributed by atoms with Crippen LogP contribution in [0.1, 0.15) is 36.5 Å². The molecular weight excluding hydrogens is 330 g/mol. The van der Waals surface area contributed by atoms with Gasteiger partial charge in [-0.25, -0.2) is 4.99 Å². The number of nitrogens with one attached hydrogen (secondary N) is 2. The van der Waals surface area contributed by atoms with Crippen LogP contribution in [0, 0.1) is 6.92 Å². The first-order chi connectivity index (χ1) is 12.5. The summed E-state index contributed by atoms with van der Waals surface area (Å²) in [5.74, 6) is 1.95. The van der Waals surface area contributed by atoms with Crippen LogP contribution in [0.15, 0.2) is 45.8 Å². The van der Waals surface area contributed by atoms with Crippen molar-refractivity contribution in [3.05, 3.63) is 59.0 Å². The van der Waals surface area contributed by atoms with E-state index in [4.69, 9.17) is 9.15 Å². The third-order valence-electron chi connectivity index (χ3n) is 4.04. The van der Waals surface area contributed by atoms with Gasteiger partial charge in [0.25, 0.3) is 0 Å². The first kappa shape index (κ1) is 20.0. The van der Waals surface area contributed by atoms with Crippen molar-refractivity contribution in [2.24, 2.45) is 4.99 Å². The fourth-order valence-corrected chi connectivity index (χ4v) is 2.58. The van der Waals surface area contributed by atoms with E-state index in [0.29, 0.717) is 24.9 Å². The molecule has 0 spiro atoms. The quantitative estimate of drug-likeness (QED) is 0.499. The van der Waals surface area contributed by atoms with E-state index < -0.39 is 5.60 Å². The number of ether oxygens (including phenoxy) is 1. The minimum atomic E-state index is -1.13. The van der Waals surface area contributed by atoms with E-state index in [1.807, 2.05) is 44.2 Å². The lowest BCUT2D eigenvalue weighted by molar-refractivity contribution is 0.0378. The van der Waals surface area contributed by atoms with Gasteiger partial charge in [-0.05, 0) is 44.0 Å². The molecule has 1 aromatic carbocycles. The zero-order chi connectivity index (χ0) is 19.0. The van der Waals surface area contributed by atoms with E-state index in [1.165, 1.54) is 0 Å². The van der Waals surface area contributed by atoms with Crippen LogP contribution in [-0.4, -0.2) is 31.3 Å². The van der Waals surface area contributed by atoms with Gasteiger partial charge in [0, 0.05) is 13.7 Å². The fourth-order valence-electron chi connectivity index (χ4n) is 2.58. The Morgan fingerprint density at radius 3 is 2.54 bits per heavy atom. The van der Waals surface area contributed by atoms with Crippen molar-refractivity contribution < 1.29 is 14.3 Å². The number of nitrogens with zero attached hydrogens (tertiary/aromatic N) is 1. The predicted molar refractivity (Wildman–Crippen MR) is 103 cm³/mol. The van der Waals surface area contributed by atoms with Crippen molar-refractivity contribution in [2.45, 2.75) is 39.5 Å².